The lowest BCUT2D eigenvalue weighted by atomic mass is 10.1. The van der Waals surface area contributed by atoms with Gasteiger partial charge in [-0.3, -0.25) is 9.59 Å². The summed E-state index contributed by atoms with van der Waals surface area (Å²) >= 11 is 6.11. The van der Waals surface area contributed by atoms with Gasteiger partial charge in [0, 0.05) is 25.7 Å². The third-order valence-electron chi connectivity index (χ3n) is 3.30. The molecule has 1 atom stereocenters. The molecule has 0 unspecified atom stereocenters. The molecule has 2 aromatic rings. The molecule has 0 radical (unpaired) electrons. The molecule has 1 heterocycles. The van der Waals surface area contributed by atoms with Gasteiger partial charge >= 0.3 is 0 Å². The molecule has 0 aliphatic rings. The first kappa shape index (κ1) is 16.0. The van der Waals surface area contributed by atoms with E-state index in [0.717, 1.165) is 0 Å². The van der Waals surface area contributed by atoms with Crippen molar-refractivity contribution in [2.75, 3.05) is 12.4 Å². The third kappa shape index (κ3) is 3.46. The summed E-state index contributed by atoms with van der Waals surface area (Å²) in [5, 5.41) is 6.78. The van der Waals surface area contributed by atoms with E-state index in [1.54, 1.807) is 31.3 Å². The molecule has 1 aromatic heterocycles. The number of carbonyl (C=O) groups is 2. The average Bonchev–Trinajstić information content (AvgIpc) is 3.00. The normalized spacial score (nSPS) is 11.8. The molecule has 1 aromatic carbocycles. The first-order chi connectivity index (χ1) is 10.4. The fourth-order valence-corrected chi connectivity index (χ4v) is 2.17. The average molecular weight is 322 g/mol. The van der Waals surface area contributed by atoms with Crippen molar-refractivity contribution in [1.29, 1.82) is 0 Å². The topological polar surface area (TPSA) is 75.4 Å². The number of nitrogens with one attached hydrogen (secondary N) is 1. The monoisotopic (exact) mass is 321 g/mol. The molecular weight excluding hydrogens is 306 g/mol. The highest BCUT2D eigenvalue weighted by molar-refractivity contribution is 6.34. The van der Waals surface area contributed by atoms with E-state index >= 15 is 0 Å². The summed E-state index contributed by atoms with van der Waals surface area (Å²) in [7, 11) is 1.66. The van der Waals surface area contributed by atoms with Crippen molar-refractivity contribution in [2.45, 2.75) is 19.9 Å². The first-order valence-corrected chi connectivity index (χ1v) is 7.02. The van der Waals surface area contributed by atoms with Crippen LogP contribution in [-0.4, -0.2) is 28.9 Å². The molecule has 22 heavy (non-hydrogen) atoms. The summed E-state index contributed by atoms with van der Waals surface area (Å²) in [6.07, 6.45) is 1.45. The van der Waals surface area contributed by atoms with Crippen molar-refractivity contribution in [1.82, 2.24) is 10.1 Å². The van der Waals surface area contributed by atoms with Gasteiger partial charge in [0.2, 0.25) is 5.91 Å². The Morgan fingerprint density at radius 1 is 1.36 bits per heavy atom. The molecule has 0 aliphatic carbocycles. The highest BCUT2D eigenvalue weighted by Crippen LogP contribution is 2.25. The van der Waals surface area contributed by atoms with Gasteiger partial charge in [-0.05, 0) is 25.1 Å². The van der Waals surface area contributed by atoms with Crippen molar-refractivity contribution in [3.8, 4) is 0 Å². The van der Waals surface area contributed by atoms with Crippen molar-refractivity contribution in [3.05, 3.63) is 46.8 Å². The predicted octanol–water partition coefficient (Wildman–Crippen LogP) is 3.12. The van der Waals surface area contributed by atoms with Crippen LogP contribution in [0.5, 0.6) is 0 Å². The van der Waals surface area contributed by atoms with Crippen molar-refractivity contribution >= 4 is 29.1 Å². The second kappa shape index (κ2) is 6.62. The predicted molar refractivity (Wildman–Crippen MR) is 82.8 cm³/mol. The summed E-state index contributed by atoms with van der Waals surface area (Å²) in [6, 6.07) is 6.20. The maximum Gasteiger partial charge on any atom is 0.255 e. The number of nitrogens with zero attached hydrogens (tertiary/aromatic N) is 2. The van der Waals surface area contributed by atoms with Crippen molar-refractivity contribution in [3.63, 3.8) is 0 Å². The smallest absolute Gasteiger partial charge is 0.255 e. The Hall–Kier alpha value is -2.34. The van der Waals surface area contributed by atoms with Crippen molar-refractivity contribution in [2.24, 2.45) is 0 Å². The quantitative estimate of drug-likeness (QED) is 0.938. The van der Waals surface area contributed by atoms with Gasteiger partial charge in [-0.1, -0.05) is 16.8 Å². The van der Waals surface area contributed by atoms with E-state index < -0.39 is 0 Å². The third-order valence-corrected chi connectivity index (χ3v) is 3.63. The molecule has 2 rings (SSSR count). The fraction of sp³-hybridized carbons (Fsp3) is 0.267. The van der Waals surface area contributed by atoms with Gasteiger partial charge < -0.3 is 14.7 Å². The van der Waals surface area contributed by atoms with E-state index in [-0.39, 0.29) is 17.9 Å². The SMILES string of the molecule is CC(=O)Nc1ccc(Cl)c(C(=O)N(C)[C@H](C)c2ccon2)c1. The standard InChI is InChI=1S/C15H16ClN3O3/c1-9(14-6-7-22-18-14)19(3)15(21)12-8-11(17-10(2)20)4-5-13(12)16/h4-9H,1-3H3,(H,17,20)/t9-/m1/s1. The fourth-order valence-electron chi connectivity index (χ4n) is 1.97. The molecular formula is C15H16ClN3O3. The second-order valence-corrected chi connectivity index (χ2v) is 5.30. The van der Waals surface area contributed by atoms with Gasteiger partial charge in [-0.25, -0.2) is 0 Å². The number of halogens is 1. The molecule has 116 valence electrons. The van der Waals surface area contributed by atoms with Crippen LogP contribution >= 0.6 is 11.6 Å². The Balaban J connectivity index is 2.26. The van der Waals surface area contributed by atoms with Gasteiger partial charge in [0.25, 0.3) is 5.91 Å². The molecule has 0 fully saturated rings. The van der Waals surface area contributed by atoms with Crippen LogP contribution in [0.25, 0.3) is 0 Å². The Morgan fingerprint density at radius 2 is 2.09 bits per heavy atom. The largest absolute Gasteiger partial charge is 0.364 e. The summed E-state index contributed by atoms with van der Waals surface area (Å²) in [5.41, 5.74) is 1.47. The van der Waals surface area contributed by atoms with Crippen LogP contribution in [0.2, 0.25) is 5.02 Å². The lowest BCUT2D eigenvalue weighted by molar-refractivity contribution is -0.114. The van der Waals surface area contributed by atoms with E-state index in [1.807, 2.05) is 6.92 Å². The Morgan fingerprint density at radius 3 is 2.68 bits per heavy atom. The van der Waals surface area contributed by atoms with Gasteiger partial charge in [-0.2, -0.15) is 0 Å². The number of anilines is 1. The highest BCUT2D eigenvalue weighted by atomic mass is 35.5. The molecule has 0 spiro atoms. The molecule has 0 saturated carbocycles. The van der Waals surface area contributed by atoms with E-state index in [4.69, 9.17) is 16.1 Å². The number of carbonyl (C=O) groups excluding carboxylic acids is 2. The van der Waals surface area contributed by atoms with Crippen molar-refractivity contribution < 1.29 is 14.1 Å². The van der Waals surface area contributed by atoms with Gasteiger partial charge in [0.1, 0.15) is 12.0 Å². The number of hydrogen-bond acceptors (Lipinski definition) is 4. The maximum atomic E-state index is 12.6. The Kier molecular flexibility index (Phi) is 4.82. The van der Waals surface area contributed by atoms with Crippen LogP contribution in [0.1, 0.15) is 35.9 Å². The number of amides is 2. The minimum atomic E-state index is -0.272. The van der Waals surface area contributed by atoms with Gasteiger partial charge in [0.15, 0.2) is 0 Å². The van der Waals surface area contributed by atoms with Crippen LogP contribution < -0.4 is 5.32 Å². The summed E-state index contributed by atoms with van der Waals surface area (Å²) in [5.74, 6) is -0.488. The molecule has 0 bridgehead atoms. The molecule has 7 heteroatoms. The molecule has 0 saturated heterocycles. The molecule has 2 amide bonds. The lowest BCUT2D eigenvalue weighted by Crippen LogP contribution is -2.30. The van der Waals surface area contributed by atoms with Crippen LogP contribution in [0.15, 0.2) is 35.1 Å². The summed E-state index contributed by atoms with van der Waals surface area (Å²) < 4.78 is 4.80. The number of hydrogen-bond donors (Lipinski definition) is 1. The zero-order chi connectivity index (χ0) is 16.3. The van der Waals surface area contributed by atoms with Crippen LogP contribution in [0.4, 0.5) is 5.69 Å². The van der Waals surface area contributed by atoms with Gasteiger partial charge in [0.05, 0.1) is 16.6 Å². The molecule has 1 N–H and O–H groups in total. The Labute approximate surface area is 133 Å². The van der Waals surface area contributed by atoms with Crippen LogP contribution in [0, 0.1) is 0 Å². The highest BCUT2D eigenvalue weighted by Gasteiger charge is 2.23. The van der Waals surface area contributed by atoms with E-state index in [2.05, 4.69) is 10.5 Å². The summed E-state index contributed by atoms with van der Waals surface area (Å²) in [6.45, 7) is 3.23. The van der Waals surface area contributed by atoms with Crippen LogP contribution in [-0.2, 0) is 4.79 Å². The van der Waals surface area contributed by atoms with E-state index in [0.29, 0.717) is 22.0 Å². The molecule has 6 nitrogen and oxygen atoms in total. The zero-order valence-corrected chi connectivity index (χ0v) is 13.2. The zero-order valence-electron chi connectivity index (χ0n) is 12.5. The first-order valence-electron chi connectivity index (χ1n) is 6.64. The number of aromatic nitrogens is 1. The minimum Gasteiger partial charge on any atom is -0.364 e. The number of rotatable bonds is 4. The van der Waals surface area contributed by atoms with Gasteiger partial charge in [-0.15, -0.1) is 0 Å². The molecule has 0 aliphatic heterocycles. The number of benzene rings is 1. The maximum absolute atomic E-state index is 12.6. The Bertz CT molecular complexity index is 685. The van der Waals surface area contributed by atoms with Crippen LogP contribution in [0.3, 0.4) is 0 Å². The second-order valence-electron chi connectivity index (χ2n) is 4.89. The lowest BCUT2D eigenvalue weighted by Gasteiger charge is -2.24. The van der Waals surface area contributed by atoms with E-state index in [1.165, 1.54) is 18.1 Å². The minimum absolute atomic E-state index is 0.218. The summed E-state index contributed by atoms with van der Waals surface area (Å²) in [4.78, 5) is 25.2. The van der Waals surface area contributed by atoms with E-state index in [9.17, 15) is 9.59 Å².